The number of carbonyl (C=O) groups is 3. The lowest BCUT2D eigenvalue weighted by Crippen LogP contribution is -2.40. The molecule has 4 N–H and O–H groups in total. The number of anilines is 2. The van der Waals surface area contributed by atoms with Crippen molar-refractivity contribution in [3.8, 4) is 0 Å². The van der Waals surface area contributed by atoms with Crippen molar-refractivity contribution in [2.24, 2.45) is 0 Å². The number of aldehydes is 1. The van der Waals surface area contributed by atoms with Crippen LogP contribution in [0.4, 0.5) is 16.2 Å². The number of rotatable bonds is 15. The van der Waals surface area contributed by atoms with Crippen LogP contribution >= 0.6 is 0 Å². The molecule has 6 rings (SSSR count). The highest BCUT2D eigenvalue weighted by atomic mass is 32.2. The minimum absolute atomic E-state index is 0.0000643. The summed E-state index contributed by atoms with van der Waals surface area (Å²) < 4.78 is 31.8. The summed E-state index contributed by atoms with van der Waals surface area (Å²) in [4.78, 5) is 56.2. The number of benzene rings is 4. The molecule has 1 aromatic heterocycles. The van der Waals surface area contributed by atoms with Gasteiger partial charge in [-0.25, -0.2) is 13.2 Å². The highest BCUT2D eigenvalue weighted by molar-refractivity contribution is 7.92. The van der Waals surface area contributed by atoms with Crippen molar-refractivity contribution in [2.45, 2.75) is 62.1 Å². The molecule has 280 valence electrons. The van der Waals surface area contributed by atoms with Crippen molar-refractivity contribution in [1.82, 2.24) is 15.2 Å². The number of sulfone groups is 1. The lowest BCUT2D eigenvalue weighted by molar-refractivity contribution is -0.117. The van der Waals surface area contributed by atoms with E-state index in [2.05, 4.69) is 20.9 Å². The molecule has 1 saturated carbocycles. The van der Waals surface area contributed by atoms with Gasteiger partial charge < -0.3 is 30.5 Å². The third kappa shape index (κ3) is 8.70. The molecule has 13 heteroatoms. The largest absolute Gasteiger partial charge is 0.445 e. The second-order valence-electron chi connectivity index (χ2n) is 13.5. The van der Waals surface area contributed by atoms with Crippen LogP contribution in [0.15, 0.2) is 107 Å². The third-order valence-corrected chi connectivity index (χ3v) is 11.9. The Kier molecular flexibility index (Phi) is 11.6. The number of aromatic nitrogens is 1. The van der Waals surface area contributed by atoms with Gasteiger partial charge in [0, 0.05) is 29.5 Å². The van der Waals surface area contributed by atoms with Crippen LogP contribution in [0.2, 0.25) is 0 Å². The first-order valence-corrected chi connectivity index (χ1v) is 19.3. The van der Waals surface area contributed by atoms with Crippen molar-refractivity contribution in [2.75, 3.05) is 24.2 Å². The van der Waals surface area contributed by atoms with Gasteiger partial charge in [-0.15, -0.1) is 0 Å². The zero-order valence-corrected chi connectivity index (χ0v) is 31.1. The summed E-state index contributed by atoms with van der Waals surface area (Å²) in [6, 6.07) is 25.1. The minimum atomic E-state index is -3.46. The predicted molar refractivity (Wildman–Crippen MR) is 208 cm³/mol. The van der Waals surface area contributed by atoms with Crippen LogP contribution in [-0.2, 0) is 37.3 Å². The van der Waals surface area contributed by atoms with Crippen LogP contribution < -0.4 is 21.5 Å². The molecule has 0 radical (unpaired) electrons. The molecular weight excluding hydrogens is 707 g/mol. The fraction of sp³-hybridized carbons (Fsp3) is 0.268. The number of nitrogens with zero attached hydrogens (tertiary/aromatic N) is 1. The van der Waals surface area contributed by atoms with Crippen molar-refractivity contribution in [3.05, 3.63) is 135 Å². The Morgan fingerprint density at radius 1 is 0.981 bits per heavy atom. The molecule has 0 saturated heterocycles. The van der Waals surface area contributed by atoms with E-state index < -0.39 is 33.9 Å². The van der Waals surface area contributed by atoms with Crippen LogP contribution in [0.25, 0.3) is 10.8 Å². The number of amides is 2. The van der Waals surface area contributed by atoms with E-state index in [0.717, 1.165) is 28.4 Å². The van der Waals surface area contributed by atoms with E-state index in [1.807, 2.05) is 55.5 Å². The first kappa shape index (κ1) is 38.0. The number of H-pyrrole nitrogens is 1. The first-order valence-electron chi connectivity index (χ1n) is 17.7. The van der Waals surface area contributed by atoms with Gasteiger partial charge in [-0.05, 0) is 103 Å². The average molecular weight is 750 g/mol. The third-order valence-electron chi connectivity index (χ3n) is 9.54. The molecule has 0 spiro atoms. The normalized spacial score (nSPS) is 13.8. The monoisotopic (exact) mass is 749 g/mol. The van der Waals surface area contributed by atoms with E-state index in [0.29, 0.717) is 40.7 Å². The van der Waals surface area contributed by atoms with Crippen molar-refractivity contribution >= 4 is 50.3 Å². The first-order chi connectivity index (χ1) is 26.0. The Balaban J connectivity index is 1.22. The fourth-order valence-corrected chi connectivity index (χ4v) is 8.39. The quantitative estimate of drug-likeness (QED) is 0.0914. The molecule has 5 aromatic rings. The van der Waals surface area contributed by atoms with Gasteiger partial charge in [0.1, 0.15) is 25.5 Å². The van der Waals surface area contributed by atoms with Crippen LogP contribution in [0.1, 0.15) is 59.7 Å². The summed E-state index contributed by atoms with van der Waals surface area (Å²) in [5.41, 5.74) is 4.26. The lowest BCUT2D eigenvalue weighted by atomic mass is 9.96. The Labute approximate surface area is 313 Å². The number of carbonyl (C=O) groups excluding carboxylic acids is 3. The van der Waals surface area contributed by atoms with Gasteiger partial charge in [0.2, 0.25) is 5.91 Å². The Morgan fingerprint density at radius 3 is 2.44 bits per heavy atom. The molecule has 54 heavy (non-hydrogen) atoms. The smallest absolute Gasteiger partial charge is 0.411 e. The average Bonchev–Trinajstić information content (AvgIpc) is 4.03. The molecule has 4 aromatic carbocycles. The van der Waals surface area contributed by atoms with Gasteiger partial charge in [0.25, 0.3) is 5.56 Å². The molecular formula is C41H43N5O7S. The molecule has 1 fully saturated rings. The second-order valence-corrected chi connectivity index (χ2v) is 15.7. The van der Waals surface area contributed by atoms with E-state index in [-0.39, 0.29) is 35.4 Å². The zero-order valence-electron chi connectivity index (χ0n) is 30.3. The number of aryl methyl sites for hydroxylation is 1. The second kappa shape index (κ2) is 16.5. The highest BCUT2D eigenvalue weighted by Gasteiger charge is 2.38. The number of nitrogens with one attached hydrogen (secondary N) is 4. The number of fused-ring (bicyclic) bond motifs is 1. The van der Waals surface area contributed by atoms with Gasteiger partial charge in [0.05, 0.1) is 16.2 Å². The lowest BCUT2D eigenvalue weighted by Gasteiger charge is -2.30. The summed E-state index contributed by atoms with van der Waals surface area (Å²) in [5.74, 6) is -0.500. The summed E-state index contributed by atoms with van der Waals surface area (Å²) in [6.45, 7) is 3.58. The topological polar surface area (TPSA) is 167 Å². The van der Waals surface area contributed by atoms with E-state index >= 15 is 0 Å². The molecule has 0 bridgehead atoms. The molecule has 2 atom stereocenters. The van der Waals surface area contributed by atoms with Crippen molar-refractivity contribution in [3.63, 3.8) is 0 Å². The Hall–Kier alpha value is -5.79. The number of ether oxygens (including phenoxy) is 1. The maximum Gasteiger partial charge on any atom is 0.411 e. The maximum atomic E-state index is 13.7. The summed E-state index contributed by atoms with van der Waals surface area (Å²) in [6.07, 6.45) is 2.94. The number of aromatic amines is 1. The highest BCUT2D eigenvalue weighted by Crippen LogP contribution is 2.36. The number of hydrogen-bond donors (Lipinski definition) is 4. The van der Waals surface area contributed by atoms with Crippen LogP contribution in [-0.4, -0.2) is 55.4 Å². The van der Waals surface area contributed by atoms with Crippen molar-refractivity contribution in [1.29, 1.82) is 0 Å². The fourth-order valence-electron chi connectivity index (χ4n) is 6.52. The molecule has 2 amide bonds. The van der Waals surface area contributed by atoms with E-state index in [1.54, 1.807) is 56.6 Å². The zero-order chi connectivity index (χ0) is 38.4. The van der Waals surface area contributed by atoms with E-state index in [1.165, 1.54) is 11.0 Å². The van der Waals surface area contributed by atoms with Gasteiger partial charge in [-0.2, -0.15) is 0 Å². The number of pyridine rings is 1. The molecule has 12 nitrogen and oxygen atoms in total. The molecule has 0 aliphatic heterocycles. The van der Waals surface area contributed by atoms with Crippen LogP contribution in [0.3, 0.4) is 0 Å². The Morgan fingerprint density at radius 2 is 1.74 bits per heavy atom. The van der Waals surface area contributed by atoms with Crippen LogP contribution in [0, 0.1) is 6.92 Å². The SMILES string of the molecule is CNCc1cc(NC(=O)CN(C(=O)OCc2ccccc2)[C@H](C)c2ccc(C(C=O)Nc3ccc4cc[nH]c(=O)c4c3)cc2C)ccc1S(=O)(=O)C1CC1. The number of hydrogen-bond acceptors (Lipinski definition) is 9. The molecule has 1 aliphatic carbocycles. The minimum Gasteiger partial charge on any atom is -0.445 e. The maximum absolute atomic E-state index is 13.7. The predicted octanol–water partition coefficient (Wildman–Crippen LogP) is 6.18. The van der Waals surface area contributed by atoms with Gasteiger partial charge in [0.15, 0.2) is 9.84 Å². The summed E-state index contributed by atoms with van der Waals surface area (Å²) in [7, 11) is -1.74. The summed E-state index contributed by atoms with van der Waals surface area (Å²) >= 11 is 0. The molecule has 1 aliphatic rings. The van der Waals surface area contributed by atoms with Gasteiger partial charge >= 0.3 is 6.09 Å². The van der Waals surface area contributed by atoms with E-state index in [4.69, 9.17) is 4.74 Å². The summed E-state index contributed by atoms with van der Waals surface area (Å²) in [5, 5.41) is 9.93. The molecule has 1 unspecified atom stereocenters. The van der Waals surface area contributed by atoms with Crippen molar-refractivity contribution < 1.29 is 27.5 Å². The van der Waals surface area contributed by atoms with Crippen LogP contribution in [0.5, 0.6) is 0 Å². The standard InChI is InChI=1S/C41H43N5O7S/c1-26-19-30(37(24-47)44-33-11-9-29-17-18-43-40(49)36(29)21-33)10-15-35(26)27(2)46(41(50)53-25-28-7-5-4-6-8-28)23-39(48)45-32-12-16-38(31(20-32)22-42-3)54(51,52)34-13-14-34/h4-12,15-21,24,27,34,37,42,44H,13-14,22-23,25H2,1-3H3,(H,43,49)(H,45,48)/t27-,37?/m1/s1. The molecule has 1 heterocycles. The van der Waals surface area contributed by atoms with E-state index in [9.17, 15) is 27.6 Å². The van der Waals surface area contributed by atoms with Gasteiger partial charge in [-0.3, -0.25) is 14.5 Å². The van der Waals surface area contributed by atoms with Gasteiger partial charge in [-0.1, -0.05) is 54.6 Å². The Bertz CT molecular complexity index is 2340.